The Balaban J connectivity index is 2.25. The number of piperidine rings is 1. The van der Waals surface area contributed by atoms with Crippen molar-refractivity contribution in [3.63, 3.8) is 0 Å². The number of carboxylic acid groups (broad SMARTS) is 1. The van der Waals surface area contributed by atoms with Crippen molar-refractivity contribution in [3.05, 3.63) is 22.7 Å². The van der Waals surface area contributed by atoms with Crippen LogP contribution < -0.4 is 14.8 Å². The first-order chi connectivity index (χ1) is 9.11. The van der Waals surface area contributed by atoms with Crippen LogP contribution in [0.4, 0.5) is 0 Å². The van der Waals surface area contributed by atoms with Crippen molar-refractivity contribution in [2.75, 3.05) is 20.2 Å². The molecule has 1 heterocycles. The first-order valence-corrected chi connectivity index (χ1v) is 6.48. The monoisotopic (exact) mass is 285 g/mol. The zero-order valence-corrected chi connectivity index (χ0v) is 11.4. The highest BCUT2D eigenvalue weighted by atomic mass is 35.5. The van der Waals surface area contributed by atoms with Gasteiger partial charge in [0.1, 0.15) is 6.10 Å². The maximum absolute atomic E-state index is 11.0. The Kier molecular flexibility index (Phi) is 4.50. The molecule has 104 valence electrons. The van der Waals surface area contributed by atoms with Gasteiger partial charge in [-0.15, -0.1) is 0 Å². The molecule has 0 aliphatic carbocycles. The first-order valence-electron chi connectivity index (χ1n) is 6.10. The summed E-state index contributed by atoms with van der Waals surface area (Å²) in [6, 6.07) is 2.80. The second-order valence-corrected chi connectivity index (χ2v) is 4.77. The summed E-state index contributed by atoms with van der Waals surface area (Å²) in [5.41, 5.74) is 0.0829. The number of methoxy groups -OCH3 is 1. The Bertz CT molecular complexity index is 472. The molecule has 1 aromatic rings. The molecule has 5 nitrogen and oxygen atoms in total. The predicted octanol–water partition coefficient (Wildman–Crippen LogP) is 2.18. The molecule has 1 aromatic carbocycles. The molecule has 0 bridgehead atoms. The van der Waals surface area contributed by atoms with E-state index in [9.17, 15) is 4.79 Å². The molecule has 2 N–H and O–H groups in total. The maximum Gasteiger partial charge on any atom is 0.335 e. The van der Waals surface area contributed by atoms with E-state index in [1.54, 1.807) is 0 Å². The molecule has 0 radical (unpaired) electrons. The van der Waals surface area contributed by atoms with Gasteiger partial charge < -0.3 is 19.9 Å². The van der Waals surface area contributed by atoms with Gasteiger partial charge in [0, 0.05) is 0 Å². The highest BCUT2D eigenvalue weighted by Gasteiger charge is 2.20. The van der Waals surface area contributed by atoms with Crippen molar-refractivity contribution < 1.29 is 19.4 Å². The van der Waals surface area contributed by atoms with Crippen LogP contribution in [0.3, 0.4) is 0 Å². The van der Waals surface area contributed by atoms with Crippen LogP contribution in [0.1, 0.15) is 23.2 Å². The third-order valence-electron chi connectivity index (χ3n) is 3.05. The Morgan fingerprint density at radius 1 is 1.42 bits per heavy atom. The zero-order valence-electron chi connectivity index (χ0n) is 10.6. The molecule has 1 aliphatic rings. The topological polar surface area (TPSA) is 67.8 Å². The lowest BCUT2D eigenvalue weighted by Gasteiger charge is -2.25. The summed E-state index contributed by atoms with van der Waals surface area (Å²) in [5.74, 6) is -0.280. The van der Waals surface area contributed by atoms with E-state index in [1.165, 1.54) is 19.2 Å². The van der Waals surface area contributed by atoms with Gasteiger partial charge in [-0.3, -0.25) is 0 Å². The van der Waals surface area contributed by atoms with Gasteiger partial charge in [-0.2, -0.15) is 0 Å². The summed E-state index contributed by atoms with van der Waals surface area (Å²) in [7, 11) is 1.46. The largest absolute Gasteiger partial charge is 0.493 e. The minimum absolute atomic E-state index is 0.0725. The van der Waals surface area contributed by atoms with Crippen molar-refractivity contribution in [3.8, 4) is 11.5 Å². The number of aromatic carboxylic acids is 1. The first kappa shape index (κ1) is 14.0. The summed E-state index contributed by atoms with van der Waals surface area (Å²) in [4.78, 5) is 11.0. The second-order valence-electron chi connectivity index (χ2n) is 4.36. The van der Waals surface area contributed by atoms with Crippen molar-refractivity contribution in [2.45, 2.75) is 18.9 Å². The Labute approximate surface area is 116 Å². The molecule has 2 rings (SSSR count). The van der Waals surface area contributed by atoms with Crippen LogP contribution in [-0.2, 0) is 0 Å². The SMILES string of the molecule is COc1cc(C(=O)O)cc(Cl)c1OC1CCNCC1. The molecular formula is C13H16ClNO4. The highest BCUT2D eigenvalue weighted by molar-refractivity contribution is 6.32. The number of hydrogen-bond donors (Lipinski definition) is 2. The Morgan fingerprint density at radius 3 is 2.68 bits per heavy atom. The zero-order chi connectivity index (χ0) is 13.8. The summed E-state index contributed by atoms with van der Waals surface area (Å²) in [6.45, 7) is 1.80. The third kappa shape index (κ3) is 3.30. The molecular weight excluding hydrogens is 270 g/mol. The second kappa shape index (κ2) is 6.12. The van der Waals surface area contributed by atoms with Gasteiger partial charge in [-0.1, -0.05) is 11.6 Å². The summed E-state index contributed by atoms with van der Waals surface area (Å²) < 4.78 is 11.0. The van der Waals surface area contributed by atoms with E-state index in [0.717, 1.165) is 25.9 Å². The lowest BCUT2D eigenvalue weighted by molar-refractivity contribution is 0.0696. The van der Waals surface area contributed by atoms with Gasteiger partial charge in [0.05, 0.1) is 17.7 Å². The van der Waals surface area contributed by atoms with Gasteiger partial charge in [0.15, 0.2) is 11.5 Å². The minimum atomic E-state index is -1.05. The van der Waals surface area contributed by atoms with E-state index in [0.29, 0.717) is 11.5 Å². The van der Waals surface area contributed by atoms with Gasteiger partial charge in [-0.05, 0) is 38.1 Å². The quantitative estimate of drug-likeness (QED) is 0.887. The molecule has 0 unspecified atom stereocenters. The number of nitrogens with one attached hydrogen (secondary N) is 1. The lowest BCUT2D eigenvalue weighted by Crippen LogP contribution is -2.34. The van der Waals surface area contributed by atoms with Gasteiger partial charge in [0.2, 0.25) is 0 Å². The van der Waals surface area contributed by atoms with Crippen LogP contribution in [0.25, 0.3) is 0 Å². The number of halogens is 1. The number of carbonyl (C=O) groups is 1. The number of rotatable bonds is 4. The van der Waals surface area contributed by atoms with E-state index >= 15 is 0 Å². The molecule has 0 saturated carbocycles. The molecule has 0 atom stereocenters. The number of hydrogen-bond acceptors (Lipinski definition) is 4. The molecule has 0 amide bonds. The number of benzene rings is 1. The fourth-order valence-electron chi connectivity index (χ4n) is 2.04. The smallest absolute Gasteiger partial charge is 0.335 e. The van der Waals surface area contributed by atoms with Crippen molar-refractivity contribution in [1.82, 2.24) is 5.32 Å². The van der Waals surface area contributed by atoms with E-state index in [4.69, 9.17) is 26.2 Å². The van der Waals surface area contributed by atoms with Gasteiger partial charge >= 0.3 is 5.97 Å². The maximum atomic E-state index is 11.0. The Morgan fingerprint density at radius 2 is 2.11 bits per heavy atom. The fourth-order valence-corrected chi connectivity index (χ4v) is 2.29. The standard InChI is InChI=1S/C13H16ClNO4/c1-18-11-7-8(13(16)17)6-10(14)12(11)19-9-2-4-15-5-3-9/h6-7,9,15H,2-5H2,1H3,(H,16,17). The van der Waals surface area contributed by atoms with E-state index in [-0.39, 0.29) is 16.7 Å². The van der Waals surface area contributed by atoms with Crippen LogP contribution >= 0.6 is 11.6 Å². The van der Waals surface area contributed by atoms with E-state index in [2.05, 4.69) is 5.32 Å². The van der Waals surface area contributed by atoms with Crippen LogP contribution in [0.5, 0.6) is 11.5 Å². The van der Waals surface area contributed by atoms with Crippen molar-refractivity contribution >= 4 is 17.6 Å². The van der Waals surface area contributed by atoms with Crippen molar-refractivity contribution in [2.24, 2.45) is 0 Å². The average Bonchev–Trinajstić information content (AvgIpc) is 2.41. The van der Waals surface area contributed by atoms with Crippen molar-refractivity contribution in [1.29, 1.82) is 0 Å². The van der Waals surface area contributed by atoms with Crippen LogP contribution in [0, 0.1) is 0 Å². The lowest BCUT2D eigenvalue weighted by atomic mass is 10.1. The predicted molar refractivity (Wildman–Crippen MR) is 71.5 cm³/mol. The normalized spacial score (nSPS) is 16.1. The molecule has 1 fully saturated rings. The summed E-state index contributed by atoms with van der Waals surface area (Å²) in [5, 5.41) is 12.5. The molecule has 1 aliphatic heterocycles. The van der Waals surface area contributed by atoms with Crippen LogP contribution in [0.15, 0.2) is 12.1 Å². The molecule has 1 saturated heterocycles. The summed E-state index contributed by atoms with van der Waals surface area (Å²) in [6.07, 6.45) is 1.85. The number of carboxylic acids is 1. The third-order valence-corrected chi connectivity index (χ3v) is 3.33. The van der Waals surface area contributed by atoms with E-state index < -0.39 is 5.97 Å². The highest BCUT2D eigenvalue weighted by Crippen LogP contribution is 2.37. The molecule has 0 spiro atoms. The number of ether oxygens (including phenoxy) is 2. The molecule has 0 aromatic heterocycles. The summed E-state index contributed by atoms with van der Waals surface area (Å²) >= 11 is 6.09. The Hall–Kier alpha value is -1.46. The van der Waals surface area contributed by atoms with Crippen LogP contribution in [0.2, 0.25) is 5.02 Å². The average molecular weight is 286 g/mol. The minimum Gasteiger partial charge on any atom is -0.493 e. The van der Waals surface area contributed by atoms with Gasteiger partial charge in [-0.25, -0.2) is 4.79 Å². The fraction of sp³-hybridized carbons (Fsp3) is 0.462. The van der Waals surface area contributed by atoms with E-state index in [1.807, 2.05) is 0 Å². The molecule has 19 heavy (non-hydrogen) atoms. The van der Waals surface area contributed by atoms with Gasteiger partial charge in [0.25, 0.3) is 0 Å². The van der Waals surface area contributed by atoms with Crippen LogP contribution in [-0.4, -0.2) is 37.4 Å². The molecule has 6 heteroatoms.